The fourth-order valence-corrected chi connectivity index (χ4v) is 3.80. The Morgan fingerprint density at radius 2 is 1.52 bits per heavy atom. The molecule has 2 amide bonds. The third-order valence-electron chi connectivity index (χ3n) is 5.47. The Labute approximate surface area is 176 Å². The first kappa shape index (κ1) is 19.7. The molecule has 9 heteroatoms. The maximum absolute atomic E-state index is 12.6. The van der Waals surface area contributed by atoms with E-state index in [0.29, 0.717) is 23.8 Å². The molecule has 0 saturated carbocycles. The fraction of sp³-hybridized carbons (Fsp3) is 0.450. The van der Waals surface area contributed by atoms with Gasteiger partial charge in [-0.3, -0.25) is 0 Å². The molecular formula is C20H26ClN7O. The van der Waals surface area contributed by atoms with E-state index in [1.807, 2.05) is 17.0 Å². The molecule has 2 fully saturated rings. The maximum atomic E-state index is 12.6. The molecule has 0 radical (unpaired) electrons. The van der Waals surface area contributed by atoms with Crippen molar-refractivity contribution in [2.75, 3.05) is 74.5 Å². The Morgan fingerprint density at radius 1 is 0.931 bits per heavy atom. The molecule has 2 aliphatic heterocycles. The first-order valence-electron chi connectivity index (χ1n) is 9.91. The number of piperazine rings is 2. The number of rotatable bonds is 3. The number of hydrogen-bond donors (Lipinski definition) is 1. The Bertz CT molecular complexity index is 848. The van der Waals surface area contributed by atoms with Crippen LogP contribution in [0.25, 0.3) is 0 Å². The minimum Gasteiger partial charge on any atom is -0.354 e. The smallest absolute Gasteiger partial charge is 0.322 e. The van der Waals surface area contributed by atoms with E-state index in [-0.39, 0.29) is 6.03 Å². The van der Waals surface area contributed by atoms with Crippen LogP contribution >= 0.6 is 11.6 Å². The Morgan fingerprint density at radius 3 is 2.14 bits per heavy atom. The van der Waals surface area contributed by atoms with Gasteiger partial charge in [0.25, 0.3) is 0 Å². The third kappa shape index (κ3) is 4.71. The van der Waals surface area contributed by atoms with Gasteiger partial charge in [-0.2, -0.15) is 0 Å². The number of halogens is 1. The minimum atomic E-state index is -0.126. The van der Waals surface area contributed by atoms with E-state index in [9.17, 15) is 4.79 Å². The minimum absolute atomic E-state index is 0.126. The summed E-state index contributed by atoms with van der Waals surface area (Å²) < 4.78 is 0. The molecule has 2 aliphatic rings. The van der Waals surface area contributed by atoms with Gasteiger partial charge in [0, 0.05) is 58.4 Å². The van der Waals surface area contributed by atoms with Crippen molar-refractivity contribution >= 4 is 35.0 Å². The monoisotopic (exact) mass is 415 g/mol. The molecule has 4 rings (SSSR count). The molecule has 154 valence electrons. The van der Waals surface area contributed by atoms with Crippen LogP contribution in [0.1, 0.15) is 0 Å². The highest BCUT2D eigenvalue weighted by Gasteiger charge is 2.23. The van der Waals surface area contributed by atoms with Crippen LogP contribution in [0.5, 0.6) is 0 Å². The molecule has 8 nitrogen and oxygen atoms in total. The average molecular weight is 416 g/mol. The van der Waals surface area contributed by atoms with Crippen LogP contribution < -0.4 is 15.1 Å². The molecule has 2 aromatic rings. The van der Waals surface area contributed by atoms with Crippen LogP contribution in [0.3, 0.4) is 0 Å². The number of aromatic nitrogens is 2. The lowest BCUT2D eigenvalue weighted by atomic mass is 10.3. The van der Waals surface area contributed by atoms with Crippen LogP contribution in [-0.4, -0.2) is 85.2 Å². The largest absolute Gasteiger partial charge is 0.354 e. The predicted octanol–water partition coefficient (Wildman–Crippen LogP) is 2.24. The third-order valence-corrected chi connectivity index (χ3v) is 5.80. The summed E-state index contributed by atoms with van der Waals surface area (Å²) in [4.78, 5) is 30.1. The predicted molar refractivity (Wildman–Crippen MR) is 116 cm³/mol. The van der Waals surface area contributed by atoms with Crippen molar-refractivity contribution in [1.82, 2.24) is 19.8 Å². The first-order valence-corrected chi connectivity index (χ1v) is 10.3. The van der Waals surface area contributed by atoms with Crippen LogP contribution in [0.4, 0.5) is 22.1 Å². The molecule has 0 spiro atoms. The molecule has 1 aromatic carbocycles. The molecule has 0 unspecified atom stereocenters. The number of carbonyl (C=O) groups is 1. The van der Waals surface area contributed by atoms with Crippen molar-refractivity contribution in [2.45, 2.75) is 0 Å². The average Bonchev–Trinajstić information content (AvgIpc) is 2.76. The van der Waals surface area contributed by atoms with Gasteiger partial charge in [0.05, 0.1) is 10.7 Å². The first-order chi connectivity index (χ1) is 14.1. The molecule has 29 heavy (non-hydrogen) atoms. The Hall–Kier alpha value is -2.58. The van der Waals surface area contributed by atoms with Gasteiger partial charge in [-0.1, -0.05) is 23.7 Å². The Balaban J connectivity index is 1.34. The highest BCUT2D eigenvalue weighted by Crippen LogP contribution is 2.22. The SMILES string of the molecule is CN1CCN(c2cc(N3CCN(C(=O)Nc4ccccc4Cl)CC3)ncn2)CC1. The fourth-order valence-electron chi connectivity index (χ4n) is 3.61. The van der Waals surface area contributed by atoms with Crippen LogP contribution in [-0.2, 0) is 0 Å². The number of nitrogens with one attached hydrogen (secondary N) is 1. The van der Waals surface area contributed by atoms with Gasteiger partial charge >= 0.3 is 6.03 Å². The van der Waals surface area contributed by atoms with E-state index in [4.69, 9.17) is 11.6 Å². The van der Waals surface area contributed by atoms with Crippen molar-refractivity contribution in [3.05, 3.63) is 41.7 Å². The number of hydrogen-bond acceptors (Lipinski definition) is 6. The van der Waals surface area contributed by atoms with E-state index in [0.717, 1.165) is 50.9 Å². The van der Waals surface area contributed by atoms with Gasteiger partial charge in [0.15, 0.2) is 0 Å². The van der Waals surface area contributed by atoms with Crippen molar-refractivity contribution in [3.8, 4) is 0 Å². The zero-order valence-corrected chi connectivity index (χ0v) is 17.3. The highest BCUT2D eigenvalue weighted by molar-refractivity contribution is 6.33. The summed E-state index contributed by atoms with van der Waals surface area (Å²) in [6.07, 6.45) is 1.64. The second-order valence-corrected chi connectivity index (χ2v) is 7.82. The molecule has 0 bridgehead atoms. The Kier molecular flexibility index (Phi) is 6.01. The van der Waals surface area contributed by atoms with Gasteiger partial charge in [-0.05, 0) is 19.2 Å². The van der Waals surface area contributed by atoms with E-state index < -0.39 is 0 Å². The molecule has 2 saturated heterocycles. The van der Waals surface area contributed by atoms with Crippen LogP contribution in [0, 0.1) is 0 Å². The lowest BCUT2D eigenvalue weighted by Gasteiger charge is -2.36. The highest BCUT2D eigenvalue weighted by atomic mass is 35.5. The molecule has 1 N–H and O–H groups in total. The zero-order valence-electron chi connectivity index (χ0n) is 16.6. The number of carbonyl (C=O) groups excluding carboxylic acids is 1. The van der Waals surface area contributed by atoms with Crippen molar-refractivity contribution in [1.29, 1.82) is 0 Å². The number of urea groups is 1. The summed E-state index contributed by atoms with van der Waals surface area (Å²) in [7, 11) is 2.14. The van der Waals surface area contributed by atoms with E-state index in [2.05, 4.69) is 43.1 Å². The number of anilines is 3. The van der Waals surface area contributed by atoms with E-state index in [1.165, 1.54) is 0 Å². The number of benzene rings is 1. The molecular weight excluding hydrogens is 390 g/mol. The van der Waals surface area contributed by atoms with Crippen LogP contribution in [0.2, 0.25) is 5.02 Å². The topological polar surface area (TPSA) is 67.8 Å². The summed E-state index contributed by atoms with van der Waals surface area (Å²) in [5, 5.41) is 3.43. The lowest BCUT2D eigenvalue weighted by molar-refractivity contribution is 0.208. The summed E-state index contributed by atoms with van der Waals surface area (Å²) in [6.45, 7) is 6.75. The lowest BCUT2D eigenvalue weighted by Crippen LogP contribution is -2.50. The van der Waals surface area contributed by atoms with Gasteiger partial charge in [0.1, 0.15) is 18.0 Å². The number of nitrogens with zero attached hydrogens (tertiary/aromatic N) is 6. The van der Waals surface area contributed by atoms with Gasteiger partial charge in [0.2, 0.25) is 0 Å². The maximum Gasteiger partial charge on any atom is 0.322 e. The zero-order chi connectivity index (χ0) is 20.2. The summed E-state index contributed by atoms with van der Waals surface area (Å²) in [6, 6.07) is 9.20. The van der Waals surface area contributed by atoms with Crippen molar-refractivity contribution in [3.63, 3.8) is 0 Å². The van der Waals surface area contributed by atoms with Gasteiger partial charge < -0.3 is 24.9 Å². The van der Waals surface area contributed by atoms with Gasteiger partial charge in [-0.25, -0.2) is 14.8 Å². The second kappa shape index (κ2) is 8.84. The second-order valence-electron chi connectivity index (χ2n) is 7.41. The number of para-hydroxylation sites is 1. The van der Waals surface area contributed by atoms with E-state index in [1.54, 1.807) is 18.5 Å². The molecule has 3 heterocycles. The van der Waals surface area contributed by atoms with Crippen molar-refractivity contribution < 1.29 is 4.79 Å². The number of amides is 2. The quantitative estimate of drug-likeness (QED) is 0.829. The van der Waals surface area contributed by atoms with Crippen LogP contribution in [0.15, 0.2) is 36.7 Å². The number of likely N-dealkylation sites (N-methyl/N-ethyl adjacent to an activating group) is 1. The van der Waals surface area contributed by atoms with Crippen molar-refractivity contribution in [2.24, 2.45) is 0 Å². The summed E-state index contributed by atoms with van der Waals surface area (Å²) in [5.41, 5.74) is 0.634. The molecule has 1 aromatic heterocycles. The summed E-state index contributed by atoms with van der Waals surface area (Å²) in [5.74, 6) is 1.89. The molecule has 0 aliphatic carbocycles. The van der Waals surface area contributed by atoms with Gasteiger partial charge in [-0.15, -0.1) is 0 Å². The standard InChI is InChI=1S/C20H26ClN7O/c1-25-6-8-26(9-7-25)18-14-19(23-15-22-18)27-10-12-28(13-11-27)20(29)24-17-5-3-2-4-16(17)21/h2-5,14-15H,6-13H2,1H3,(H,24,29). The summed E-state index contributed by atoms with van der Waals surface area (Å²) >= 11 is 6.14. The molecule has 0 atom stereocenters. The normalized spacial score (nSPS) is 18.1. The van der Waals surface area contributed by atoms with E-state index >= 15 is 0 Å².